The summed E-state index contributed by atoms with van der Waals surface area (Å²) in [6.45, 7) is 3.53. The standard InChI is InChI=1S/C30H22Cl2N10/c1-17-25(15-33)27(35)41(29(17)39-37-21-7-3-19(31)4-8-21)23-11-13-24(14-12-23)42-28(36)26(16-34)18(2)30(42)40-38-22-9-5-20(32)6-10-22/h3-14H,35-36H2,1-2H3. The number of aromatic nitrogens is 2. The molecule has 4 N–H and O–H groups in total. The summed E-state index contributed by atoms with van der Waals surface area (Å²) in [5.41, 5.74) is 17.0. The topological polar surface area (TPSA) is 159 Å². The highest BCUT2D eigenvalue weighted by atomic mass is 35.5. The number of azo groups is 2. The summed E-state index contributed by atoms with van der Waals surface area (Å²) < 4.78 is 3.31. The molecular weight excluding hydrogens is 571 g/mol. The Morgan fingerprint density at radius 1 is 0.571 bits per heavy atom. The fourth-order valence-electron chi connectivity index (χ4n) is 4.42. The molecular formula is C30H22Cl2N10. The fraction of sp³-hybridized carbons (Fsp3) is 0.0667. The van der Waals surface area contributed by atoms with Crippen LogP contribution in [0.3, 0.4) is 0 Å². The van der Waals surface area contributed by atoms with Gasteiger partial charge < -0.3 is 11.5 Å². The van der Waals surface area contributed by atoms with Crippen LogP contribution in [-0.2, 0) is 0 Å². The lowest BCUT2D eigenvalue weighted by Crippen LogP contribution is -2.03. The maximum absolute atomic E-state index is 9.75. The smallest absolute Gasteiger partial charge is 0.165 e. The Labute approximate surface area is 251 Å². The van der Waals surface area contributed by atoms with Gasteiger partial charge in [-0.3, -0.25) is 9.13 Å². The van der Waals surface area contributed by atoms with Crippen LogP contribution in [0.5, 0.6) is 0 Å². The van der Waals surface area contributed by atoms with Crippen LogP contribution in [-0.4, -0.2) is 9.13 Å². The van der Waals surface area contributed by atoms with Crippen LogP contribution in [0.15, 0.2) is 93.3 Å². The van der Waals surface area contributed by atoms with E-state index in [9.17, 15) is 10.5 Å². The molecule has 10 nitrogen and oxygen atoms in total. The van der Waals surface area contributed by atoms with Crippen molar-refractivity contribution in [2.24, 2.45) is 20.5 Å². The molecule has 0 radical (unpaired) electrons. The van der Waals surface area contributed by atoms with E-state index in [0.29, 0.717) is 66.7 Å². The number of nitrogens with two attached hydrogens (primary N) is 2. The molecule has 206 valence electrons. The number of hydrogen-bond acceptors (Lipinski definition) is 8. The minimum atomic E-state index is 0.230. The lowest BCUT2D eigenvalue weighted by Gasteiger charge is -2.12. The molecule has 0 bridgehead atoms. The molecule has 0 saturated carbocycles. The third kappa shape index (κ3) is 5.20. The number of nitrogens with zero attached hydrogens (tertiary/aromatic N) is 8. The van der Waals surface area contributed by atoms with Crippen molar-refractivity contribution in [2.45, 2.75) is 13.8 Å². The lowest BCUT2D eigenvalue weighted by atomic mass is 10.2. The predicted octanol–water partition coefficient (Wildman–Crippen LogP) is 8.93. The van der Waals surface area contributed by atoms with Crippen LogP contribution in [0.25, 0.3) is 11.4 Å². The van der Waals surface area contributed by atoms with Crippen molar-refractivity contribution in [2.75, 3.05) is 11.5 Å². The molecule has 0 aliphatic rings. The van der Waals surface area contributed by atoms with E-state index in [1.165, 1.54) is 0 Å². The zero-order valence-corrected chi connectivity index (χ0v) is 23.9. The van der Waals surface area contributed by atoms with Crippen molar-refractivity contribution in [3.63, 3.8) is 0 Å². The molecule has 5 aromatic rings. The third-order valence-electron chi connectivity index (χ3n) is 6.60. The van der Waals surface area contributed by atoms with Crippen molar-refractivity contribution in [1.29, 1.82) is 10.5 Å². The van der Waals surface area contributed by atoms with Gasteiger partial charge in [-0.2, -0.15) is 10.5 Å². The van der Waals surface area contributed by atoms with Crippen LogP contribution >= 0.6 is 23.2 Å². The van der Waals surface area contributed by atoms with Gasteiger partial charge in [-0.1, -0.05) is 23.2 Å². The van der Waals surface area contributed by atoms with E-state index in [-0.39, 0.29) is 11.6 Å². The van der Waals surface area contributed by atoms with Gasteiger partial charge in [0.1, 0.15) is 23.8 Å². The summed E-state index contributed by atoms with van der Waals surface area (Å²) in [6, 6.07) is 25.3. The molecule has 0 unspecified atom stereocenters. The van der Waals surface area contributed by atoms with Gasteiger partial charge in [-0.05, 0) is 86.6 Å². The minimum absolute atomic E-state index is 0.230. The second-order valence-corrected chi connectivity index (χ2v) is 10.1. The number of halogens is 2. The first kappa shape index (κ1) is 28.1. The molecule has 0 aliphatic carbocycles. The average molecular weight is 593 g/mol. The molecule has 5 rings (SSSR count). The number of rotatable bonds is 6. The fourth-order valence-corrected chi connectivity index (χ4v) is 4.67. The highest BCUT2D eigenvalue weighted by Crippen LogP contribution is 2.38. The SMILES string of the molecule is Cc1c(C#N)c(N)n(-c2ccc(-n3c(N)c(C#N)c(C)c3N=Nc3ccc(Cl)cc3)cc2)c1N=Nc1ccc(Cl)cc1. The van der Waals surface area contributed by atoms with Crippen molar-refractivity contribution >= 4 is 57.8 Å². The van der Waals surface area contributed by atoms with Gasteiger partial charge in [0, 0.05) is 32.5 Å². The van der Waals surface area contributed by atoms with E-state index in [1.54, 1.807) is 95.8 Å². The summed E-state index contributed by atoms with van der Waals surface area (Å²) in [6.07, 6.45) is 0. The number of benzene rings is 3. The van der Waals surface area contributed by atoms with Gasteiger partial charge >= 0.3 is 0 Å². The second-order valence-electron chi connectivity index (χ2n) is 9.18. The van der Waals surface area contributed by atoms with Crippen LogP contribution in [0.4, 0.5) is 34.6 Å². The number of nitriles is 2. The van der Waals surface area contributed by atoms with E-state index in [0.717, 1.165) is 0 Å². The van der Waals surface area contributed by atoms with E-state index >= 15 is 0 Å². The highest BCUT2D eigenvalue weighted by Gasteiger charge is 2.22. The van der Waals surface area contributed by atoms with Crippen LogP contribution in [0.2, 0.25) is 10.0 Å². The molecule has 0 fully saturated rings. The molecule has 42 heavy (non-hydrogen) atoms. The Morgan fingerprint density at radius 3 is 1.21 bits per heavy atom. The molecule has 0 spiro atoms. The highest BCUT2D eigenvalue weighted by molar-refractivity contribution is 6.30. The van der Waals surface area contributed by atoms with E-state index in [1.807, 2.05) is 0 Å². The molecule has 0 atom stereocenters. The third-order valence-corrected chi connectivity index (χ3v) is 7.11. The summed E-state index contributed by atoms with van der Waals surface area (Å²) >= 11 is 12.0. The van der Waals surface area contributed by atoms with Gasteiger partial charge in [0.15, 0.2) is 11.6 Å². The first-order chi connectivity index (χ1) is 20.2. The molecule has 0 aliphatic heterocycles. The Bertz CT molecular complexity index is 1790. The quantitative estimate of drug-likeness (QED) is 0.188. The predicted molar refractivity (Wildman–Crippen MR) is 164 cm³/mol. The lowest BCUT2D eigenvalue weighted by molar-refractivity contribution is 1.01. The largest absolute Gasteiger partial charge is 0.384 e. The maximum atomic E-state index is 9.75. The summed E-state index contributed by atoms with van der Waals surface area (Å²) in [5, 5.41) is 38.1. The summed E-state index contributed by atoms with van der Waals surface area (Å²) in [4.78, 5) is 0. The molecule has 2 aromatic heterocycles. The van der Waals surface area contributed by atoms with Gasteiger partial charge in [0.25, 0.3) is 0 Å². The van der Waals surface area contributed by atoms with Gasteiger partial charge in [0.2, 0.25) is 0 Å². The van der Waals surface area contributed by atoms with E-state index in [2.05, 4.69) is 32.6 Å². The van der Waals surface area contributed by atoms with Crippen LogP contribution in [0, 0.1) is 36.5 Å². The Balaban J connectivity index is 1.57. The van der Waals surface area contributed by atoms with Gasteiger partial charge in [-0.15, -0.1) is 20.5 Å². The van der Waals surface area contributed by atoms with E-state index in [4.69, 9.17) is 34.7 Å². The number of nitrogen functional groups attached to an aromatic ring is 2. The molecule has 2 heterocycles. The Morgan fingerprint density at radius 2 is 0.905 bits per heavy atom. The van der Waals surface area contributed by atoms with Crippen LogP contribution in [0.1, 0.15) is 22.3 Å². The summed E-state index contributed by atoms with van der Waals surface area (Å²) in [7, 11) is 0. The second kappa shape index (κ2) is 11.6. The van der Waals surface area contributed by atoms with E-state index < -0.39 is 0 Å². The average Bonchev–Trinajstić information content (AvgIpc) is 3.38. The van der Waals surface area contributed by atoms with Crippen molar-refractivity contribution in [3.8, 4) is 23.5 Å². The normalized spacial score (nSPS) is 11.3. The Kier molecular flexibility index (Phi) is 7.76. The molecule has 0 saturated heterocycles. The van der Waals surface area contributed by atoms with Crippen molar-refractivity contribution < 1.29 is 0 Å². The zero-order chi connectivity index (χ0) is 30.0. The van der Waals surface area contributed by atoms with Gasteiger partial charge in [-0.25, -0.2) is 0 Å². The monoisotopic (exact) mass is 592 g/mol. The van der Waals surface area contributed by atoms with Crippen molar-refractivity contribution in [3.05, 3.63) is 105 Å². The minimum Gasteiger partial charge on any atom is -0.384 e. The van der Waals surface area contributed by atoms with Gasteiger partial charge in [0.05, 0.1) is 22.5 Å². The van der Waals surface area contributed by atoms with Crippen molar-refractivity contribution in [1.82, 2.24) is 9.13 Å². The molecule has 12 heteroatoms. The number of hydrogen-bond donors (Lipinski definition) is 2. The van der Waals surface area contributed by atoms with Crippen LogP contribution < -0.4 is 11.5 Å². The molecule has 3 aromatic carbocycles. The first-order valence-electron chi connectivity index (χ1n) is 12.5. The molecule has 0 amide bonds. The maximum Gasteiger partial charge on any atom is 0.165 e. The summed E-state index contributed by atoms with van der Waals surface area (Å²) in [5.74, 6) is 1.28. The number of anilines is 2. The first-order valence-corrected chi connectivity index (χ1v) is 13.3. The Hall–Kier alpha value is -5.42. The zero-order valence-electron chi connectivity index (χ0n) is 22.4.